The molecule has 0 amide bonds. The summed E-state index contributed by atoms with van der Waals surface area (Å²) in [5.41, 5.74) is 3.01. The van der Waals surface area contributed by atoms with E-state index in [1.165, 1.54) is 25.7 Å². The normalized spacial score (nSPS) is 22.9. The van der Waals surface area contributed by atoms with E-state index < -0.39 is 20.2 Å². The van der Waals surface area contributed by atoms with Crippen LogP contribution in [0.4, 0.5) is 5.69 Å². The smallest absolute Gasteiger partial charge is 0.282 e. The fraction of sp³-hybridized carbons (Fsp3) is 0.636. The molecule has 2 heterocycles. The molecule has 0 aromatic heterocycles. The topological polar surface area (TPSA) is 84.5 Å². The zero-order chi connectivity index (χ0) is 32.2. The molecule has 0 unspecified atom stereocenters. The van der Waals surface area contributed by atoms with Crippen molar-refractivity contribution in [2.24, 2.45) is 11.8 Å². The molecule has 2 fully saturated rings. The first-order chi connectivity index (χ1) is 21.4. The number of anilines is 1. The second-order valence-corrected chi connectivity index (χ2v) is 17.7. The minimum Gasteiger partial charge on any atom is -0.378 e. The number of halogens is 1. The highest BCUT2D eigenvalue weighted by Gasteiger charge is 2.35. The second-order valence-electron chi connectivity index (χ2n) is 13.4. The van der Waals surface area contributed by atoms with Crippen molar-refractivity contribution in [3.8, 4) is 0 Å². The molecule has 250 valence electrons. The number of nitrogens with zero attached hydrogens (tertiary/aromatic N) is 5. The monoisotopic (exact) mass is 679 g/mol. The van der Waals surface area contributed by atoms with Crippen LogP contribution in [0.25, 0.3) is 0 Å². The van der Waals surface area contributed by atoms with Gasteiger partial charge >= 0.3 is 0 Å². The fourth-order valence-electron chi connectivity index (χ4n) is 7.08. The Morgan fingerprint density at radius 2 is 1.42 bits per heavy atom. The Labute approximate surface area is 276 Å². The van der Waals surface area contributed by atoms with Crippen LogP contribution >= 0.6 is 11.6 Å². The summed E-state index contributed by atoms with van der Waals surface area (Å²) >= 11 is 6.20. The van der Waals surface area contributed by atoms with Crippen molar-refractivity contribution < 1.29 is 16.8 Å². The molecule has 1 saturated carbocycles. The Balaban J connectivity index is 1.38. The Hall–Kier alpha value is -1.73. The molecule has 0 spiro atoms. The third-order valence-electron chi connectivity index (χ3n) is 9.57. The summed E-state index contributed by atoms with van der Waals surface area (Å²) in [5.74, 6) is 0.468. The lowest BCUT2D eigenvalue weighted by Gasteiger charge is -2.36. The summed E-state index contributed by atoms with van der Waals surface area (Å²) in [5, 5.41) is 0.664. The van der Waals surface area contributed by atoms with Gasteiger partial charge in [-0.25, -0.2) is 8.42 Å². The number of fused-ring (bicyclic) bond motifs is 1. The van der Waals surface area contributed by atoms with E-state index in [2.05, 4.69) is 4.90 Å². The van der Waals surface area contributed by atoms with Crippen molar-refractivity contribution in [3.05, 3.63) is 58.6 Å². The van der Waals surface area contributed by atoms with Gasteiger partial charge in [0, 0.05) is 70.6 Å². The number of hydrogen-bond donors (Lipinski definition) is 0. The Bertz CT molecular complexity index is 1500. The third kappa shape index (κ3) is 8.60. The maximum absolute atomic E-state index is 14.2. The van der Waals surface area contributed by atoms with E-state index in [1.54, 1.807) is 25.0 Å². The summed E-state index contributed by atoms with van der Waals surface area (Å²) in [7, 11) is -3.69. The van der Waals surface area contributed by atoms with Crippen molar-refractivity contribution in [1.29, 1.82) is 0 Å². The summed E-state index contributed by atoms with van der Waals surface area (Å²) < 4.78 is 61.2. The molecule has 3 aliphatic rings. The van der Waals surface area contributed by atoms with Gasteiger partial charge in [-0.2, -0.15) is 21.3 Å². The van der Waals surface area contributed by atoms with E-state index >= 15 is 0 Å². The standard InChI is InChI=1S/C33H50ClN5O4S2/c1-27-23-37(44(40,41)33-14-12-32(13-15-33)35(2)3)19-6-17-36(25-28-8-4-5-9-28)18-7-20-38(24-27)45(42,43)39-21-16-29-22-31(34)11-10-30(29)26-39/h10-15,22,27-28H,4-9,16-21,23-26H2,1-3H3/t27-/m0/s1. The lowest BCUT2D eigenvalue weighted by molar-refractivity contribution is 0.197. The molecule has 0 radical (unpaired) electrons. The molecule has 0 N–H and O–H groups in total. The molecule has 2 aromatic rings. The van der Waals surface area contributed by atoms with E-state index in [9.17, 15) is 16.8 Å². The first-order valence-electron chi connectivity index (χ1n) is 16.5. The van der Waals surface area contributed by atoms with Gasteiger partial charge in [-0.05, 0) is 105 Å². The van der Waals surface area contributed by atoms with E-state index in [1.807, 2.05) is 56.3 Å². The van der Waals surface area contributed by atoms with Gasteiger partial charge in [0.15, 0.2) is 0 Å². The van der Waals surface area contributed by atoms with Gasteiger partial charge in [0.25, 0.3) is 10.2 Å². The number of hydrogen-bond acceptors (Lipinski definition) is 6. The fourth-order valence-corrected chi connectivity index (χ4v) is 10.6. The van der Waals surface area contributed by atoms with Crippen LogP contribution in [0.1, 0.15) is 56.6 Å². The van der Waals surface area contributed by atoms with Crippen LogP contribution in [-0.4, -0.2) is 101 Å². The third-order valence-corrected chi connectivity index (χ3v) is 13.6. The SMILES string of the molecule is C[C@H]1CN(S(=O)(=O)c2ccc(N(C)C)cc2)CCCN(CC2CCCC2)CCCN(S(=O)(=O)N2CCc3cc(Cl)ccc3C2)C1. The van der Waals surface area contributed by atoms with Crippen LogP contribution < -0.4 is 4.90 Å². The van der Waals surface area contributed by atoms with Gasteiger partial charge in [0.2, 0.25) is 10.0 Å². The van der Waals surface area contributed by atoms with Crippen LogP contribution in [-0.2, 0) is 33.2 Å². The van der Waals surface area contributed by atoms with Crippen LogP contribution in [0.5, 0.6) is 0 Å². The average Bonchev–Trinajstić information content (AvgIpc) is 3.52. The molecule has 0 bridgehead atoms. The van der Waals surface area contributed by atoms with Gasteiger partial charge in [0.05, 0.1) is 4.90 Å². The Kier molecular flexibility index (Phi) is 11.5. The van der Waals surface area contributed by atoms with Crippen molar-refractivity contribution in [1.82, 2.24) is 17.8 Å². The Morgan fingerprint density at radius 3 is 2.09 bits per heavy atom. The predicted molar refractivity (Wildman–Crippen MR) is 182 cm³/mol. The highest BCUT2D eigenvalue weighted by atomic mass is 35.5. The number of sulfonamides is 1. The molecule has 1 atom stereocenters. The summed E-state index contributed by atoms with van der Waals surface area (Å²) in [6.07, 6.45) is 7.12. The van der Waals surface area contributed by atoms with Crippen molar-refractivity contribution in [2.45, 2.75) is 63.3 Å². The molecule has 5 rings (SSSR count). The zero-order valence-electron chi connectivity index (χ0n) is 27.1. The molecule has 1 aliphatic carbocycles. The number of benzene rings is 2. The predicted octanol–water partition coefficient (Wildman–Crippen LogP) is 4.92. The molecule has 9 nitrogen and oxygen atoms in total. The van der Waals surface area contributed by atoms with Crippen molar-refractivity contribution in [3.63, 3.8) is 0 Å². The molecular formula is C33H50ClN5O4S2. The maximum atomic E-state index is 14.2. The van der Waals surface area contributed by atoms with Gasteiger partial charge in [0.1, 0.15) is 0 Å². The van der Waals surface area contributed by atoms with Gasteiger partial charge in [-0.1, -0.05) is 37.4 Å². The van der Waals surface area contributed by atoms with Crippen LogP contribution in [0.3, 0.4) is 0 Å². The maximum Gasteiger partial charge on any atom is 0.282 e. The van der Waals surface area contributed by atoms with E-state index in [4.69, 9.17) is 11.6 Å². The Morgan fingerprint density at radius 1 is 0.778 bits per heavy atom. The van der Waals surface area contributed by atoms with Crippen molar-refractivity contribution in [2.75, 3.05) is 71.4 Å². The minimum atomic E-state index is -3.77. The summed E-state index contributed by atoms with van der Waals surface area (Å²) in [6.45, 7) is 6.62. The number of rotatable bonds is 7. The van der Waals surface area contributed by atoms with Gasteiger partial charge in [-0.15, -0.1) is 0 Å². The first-order valence-corrected chi connectivity index (χ1v) is 19.7. The molecule has 2 aliphatic heterocycles. The van der Waals surface area contributed by atoms with Crippen LogP contribution in [0, 0.1) is 11.8 Å². The lowest BCUT2D eigenvalue weighted by atomic mass is 10.0. The molecular weight excluding hydrogens is 630 g/mol. The van der Waals surface area contributed by atoms with Gasteiger partial charge < -0.3 is 9.80 Å². The molecule has 2 aromatic carbocycles. The van der Waals surface area contributed by atoms with Crippen molar-refractivity contribution >= 4 is 37.5 Å². The summed E-state index contributed by atoms with van der Waals surface area (Å²) in [6, 6.07) is 12.7. The average molecular weight is 680 g/mol. The lowest BCUT2D eigenvalue weighted by Crippen LogP contribution is -2.49. The van der Waals surface area contributed by atoms with E-state index in [0.717, 1.165) is 49.3 Å². The highest BCUT2D eigenvalue weighted by Crippen LogP contribution is 2.28. The molecule has 45 heavy (non-hydrogen) atoms. The van der Waals surface area contributed by atoms with E-state index in [-0.39, 0.29) is 23.9 Å². The molecule has 1 saturated heterocycles. The quantitative estimate of drug-likeness (QED) is 0.413. The zero-order valence-corrected chi connectivity index (χ0v) is 29.5. The van der Waals surface area contributed by atoms with E-state index in [0.29, 0.717) is 43.5 Å². The first kappa shape index (κ1) is 34.6. The summed E-state index contributed by atoms with van der Waals surface area (Å²) in [4.78, 5) is 4.66. The molecule has 12 heteroatoms. The van der Waals surface area contributed by atoms with Gasteiger partial charge in [-0.3, -0.25) is 0 Å². The van der Waals surface area contributed by atoms with Crippen LogP contribution in [0.15, 0.2) is 47.4 Å². The second kappa shape index (κ2) is 15.0. The largest absolute Gasteiger partial charge is 0.378 e. The highest BCUT2D eigenvalue weighted by molar-refractivity contribution is 7.89. The van der Waals surface area contributed by atoms with Crippen LogP contribution in [0.2, 0.25) is 5.02 Å². The minimum absolute atomic E-state index is 0.194.